The zero-order valence-electron chi connectivity index (χ0n) is 17.2. The fourth-order valence-electron chi connectivity index (χ4n) is 3.82. The molecular formula is C21H28BrN3O4. The molecule has 2 saturated heterocycles. The van der Waals surface area contributed by atoms with Gasteiger partial charge in [-0.2, -0.15) is 5.10 Å². The van der Waals surface area contributed by atoms with Gasteiger partial charge in [0.15, 0.2) is 6.23 Å². The predicted octanol–water partition coefficient (Wildman–Crippen LogP) is 4.89. The molecule has 1 aromatic heterocycles. The Morgan fingerprint density at radius 3 is 2.83 bits per heavy atom. The minimum absolute atomic E-state index is 0.0301. The molecule has 0 saturated carbocycles. The van der Waals surface area contributed by atoms with Crippen molar-refractivity contribution in [2.45, 2.75) is 64.4 Å². The molecule has 4 rings (SSSR count). The highest BCUT2D eigenvalue weighted by atomic mass is 79.9. The third-order valence-electron chi connectivity index (χ3n) is 5.16. The first-order valence-electron chi connectivity index (χ1n) is 10.2. The second-order valence-electron chi connectivity index (χ2n) is 8.70. The highest BCUT2D eigenvalue weighted by Crippen LogP contribution is 2.35. The summed E-state index contributed by atoms with van der Waals surface area (Å²) in [5, 5.41) is 5.54. The van der Waals surface area contributed by atoms with E-state index in [-0.39, 0.29) is 18.4 Å². The molecule has 3 heterocycles. The number of ether oxygens (including phenoxy) is 3. The number of carbonyl (C=O) groups is 1. The van der Waals surface area contributed by atoms with Crippen molar-refractivity contribution in [1.29, 1.82) is 0 Å². The van der Waals surface area contributed by atoms with Gasteiger partial charge in [-0.05, 0) is 52.2 Å². The summed E-state index contributed by atoms with van der Waals surface area (Å²) in [6.07, 6.45) is 5.43. The highest BCUT2D eigenvalue weighted by Gasteiger charge is 2.31. The molecule has 2 aliphatic heterocycles. The van der Waals surface area contributed by atoms with E-state index in [4.69, 9.17) is 14.2 Å². The van der Waals surface area contributed by atoms with Gasteiger partial charge < -0.3 is 19.1 Å². The number of aromatic nitrogens is 2. The lowest BCUT2D eigenvalue weighted by atomic mass is 10.2. The molecule has 1 amide bonds. The van der Waals surface area contributed by atoms with E-state index in [9.17, 15) is 4.79 Å². The number of rotatable bonds is 3. The smallest absolute Gasteiger partial charge is 0.410 e. The van der Waals surface area contributed by atoms with Crippen LogP contribution >= 0.6 is 15.9 Å². The molecule has 0 unspecified atom stereocenters. The minimum Gasteiger partial charge on any atom is -0.488 e. The summed E-state index contributed by atoms with van der Waals surface area (Å²) in [6, 6.07) is 4.01. The molecule has 8 heteroatoms. The number of halogens is 1. The molecule has 1 aromatic carbocycles. The summed E-state index contributed by atoms with van der Waals surface area (Å²) >= 11 is 3.60. The SMILES string of the molecule is CC(C)(C)OC(=O)N1CC[C@H](Oc2cc(Br)cc3c2cnn3[C@@H]2CCCCO2)C1. The van der Waals surface area contributed by atoms with Gasteiger partial charge in [-0.25, -0.2) is 9.48 Å². The van der Waals surface area contributed by atoms with E-state index in [0.29, 0.717) is 13.1 Å². The van der Waals surface area contributed by atoms with Crippen LogP contribution in [0.1, 0.15) is 52.7 Å². The molecule has 2 atom stereocenters. The maximum atomic E-state index is 12.3. The Bertz CT molecular complexity index is 886. The third kappa shape index (κ3) is 4.69. The summed E-state index contributed by atoms with van der Waals surface area (Å²) in [7, 11) is 0. The Balaban J connectivity index is 1.50. The van der Waals surface area contributed by atoms with E-state index >= 15 is 0 Å². The second-order valence-corrected chi connectivity index (χ2v) is 9.62. The fraction of sp³-hybridized carbons (Fsp3) is 0.619. The maximum Gasteiger partial charge on any atom is 0.410 e. The van der Waals surface area contributed by atoms with E-state index in [1.807, 2.05) is 37.7 Å². The number of likely N-dealkylation sites (tertiary alicyclic amines) is 1. The molecular weight excluding hydrogens is 438 g/mol. The van der Waals surface area contributed by atoms with Gasteiger partial charge in [0.25, 0.3) is 0 Å². The van der Waals surface area contributed by atoms with Crippen molar-refractivity contribution < 1.29 is 19.0 Å². The standard InChI is InChI=1S/C21H28BrN3O4/c1-21(2,3)29-20(26)24-8-7-15(13-24)28-18-11-14(22)10-17-16(18)12-23-25(17)19-6-4-5-9-27-19/h10-12,15,19H,4-9,13H2,1-3H3/t15-,19-/m0/s1. The van der Waals surface area contributed by atoms with E-state index in [2.05, 4.69) is 27.1 Å². The van der Waals surface area contributed by atoms with Crippen LogP contribution in [0.4, 0.5) is 4.79 Å². The van der Waals surface area contributed by atoms with E-state index < -0.39 is 5.60 Å². The van der Waals surface area contributed by atoms with Crippen LogP contribution in [0.3, 0.4) is 0 Å². The van der Waals surface area contributed by atoms with Gasteiger partial charge in [-0.1, -0.05) is 15.9 Å². The van der Waals surface area contributed by atoms with Crippen molar-refractivity contribution in [3.05, 3.63) is 22.8 Å². The monoisotopic (exact) mass is 465 g/mol. The number of benzene rings is 1. The molecule has 0 aliphatic carbocycles. The average Bonchev–Trinajstić information content (AvgIpc) is 3.28. The quantitative estimate of drug-likeness (QED) is 0.645. The average molecular weight is 466 g/mol. The topological polar surface area (TPSA) is 65.8 Å². The normalized spacial score (nSPS) is 22.8. The molecule has 0 spiro atoms. The zero-order chi connectivity index (χ0) is 20.6. The number of hydrogen-bond donors (Lipinski definition) is 0. The lowest BCUT2D eigenvalue weighted by molar-refractivity contribution is -0.0366. The number of carbonyl (C=O) groups excluding carboxylic acids is 1. The molecule has 2 aromatic rings. The van der Waals surface area contributed by atoms with Crippen LogP contribution < -0.4 is 4.74 Å². The van der Waals surface area contributed by atoms with Crippen LogP contribution in [0.5, 0.6) is 5.75 Å². The lowest BCUT2D eigenvalue weighted by Gasteiger charge is -2.24. The van der Waals surface area contributed by atoms with Gasteiger partial charge >= 0.3 is 6.09 Å². The Labute approximate surface area is 179 Å². The molecule has 0 bridgehead atoms. The Morgan fingerprint density at radius 1 is 1.28 bits per heavy atom. The van der Waals surface area contributed by atoms with Crippen molar-refractivity contribution in [2.24, 2.45) is 0 Å². The first kappa shape index (κ1) is 20.5. The van der Waals surface area contributed by atoms with Gasteiger partial charge in [-0.15, -0.1) is 0 Å². The van der Waals surface area contributed by atoms with Gasteiger partial charge in [-0.3, -0.25) is 0 Å². The van der Waals surface area contributed by atoms with Gasteiger partial charge in [0.1, 0.15) is 17.5 Å². The predicted molar refractivity (Wildman–Crippen MR) is 113 cm³/mol. The van der Waals surface area contributed by atoms with Crippen LogP contribution in [0.25, 0.3) is 10.9 Å². The molecule has 0 radical (unpaired) electrons. The van der Waals surface area contributed by atoms with Gasteiger partial charge in [0.2, 0.25) is 0 Å². The van der Waals surface area contributed by atoms with Gasteiger partial charge in [0.05, 0.1) is 23.6 Å². The molecule has 7 nitrogen and oxygen atoms in total. The van der Waals surface area contributed by atoms with Crippen molar-refractivity contribution in [2.75, 3.05) is 19.7 Å². The Morgan fingerprint density at radius 2 is 2.10 bits per heavy atom. The fourth-order valence-corrected chi connectivity index (χ4v) is 4.25. The van der Waals surface area contributed by atoms with Gasteiger partial charge in [0, 0.05) is 24.0 Å². The molecule has 158 valence electrons. The molecule has 0 N–H and O–H groups in total. The van der Waals surface area contributed by atoms with Crippen LogP contribution in [-0.2, 0) is 9.47 Å². The first-order valence-corrected chi connectivity index (χ1v) is 11.0. The number of nitrogens with zero attached hydrogens (tertiary/aromatic N) is 3. The van der Waals surface area contributed by atoms with Crippen molar-refractivity contribution >= 4 is 32.9 Å². The van der Waals surface area contributed by atoms with Crippen LogP contribution in [-0.4, -0.2) is 52.2 Å². The summed E-state index contributed by atoms with van der Waals surface area (Å²) in [5.41, 5.74) is 0.491. The lowest BCUT2D eigenvalue weighted by Crippen LogP contribution is -2.36. The number of amides is 1. The van der Waals surface area contributed by atoms with E-state index in [1.54, 1.807) is 4.90 Å². The Kier molecular flexibility index (Phi) is 5.75. The largest absolute Gasteiger partial charge is 0.488 e. The Hall–Kier alpha value is -1.80. The molecule has 2 aliphatic rings. The molecule has 29 heavy (non-hydrogen) atoms. The number of hydrogen-bond acceptors (Lipinski definition) is 5. The minimum atomic E-state index is -0.498. The first-order chi connectivity index (χ1) is 13.8. The van der Waals surface area contributed by atoms with Crippen LogP contribution in [0.2, 0.25) is 0 Å². The summed E-state index contributed by atoms with van der Waals surface area (Å²) < 4.78 is 20.6. The summed E-state index contributed by atoms with van der Waals surface area (Å²) in [4.78, 5) is 14.0. The summed E-state index contributed by atoms with van der Waals surface area (Å²) in [6.45, 7) is 7.54. The zero-order valence-corrected chi connectivity index (χ0v) is 18.8. The van der Waals surface area contributed by atoms with E-state index in [1.165, 1.54) is 0 Å². The van der Waals surface area contributed by atoms with Crippen molar-refractivity contribution in [3.63, 3.8) is 0 Å². The van der Waals surface area contributed by atoms with E-state index in [0.717, 1.165) is 53.4 Å². The summed E-state index contributed by atoms with van der Waals surface area (Å²) in [5.74, 6) is 0.771. The number of fused-ring (bicyclic) bond motifs is 1. The third-order valence-corrected chi connectivity index (χ3v) is 5.62. The second kappa shape index (κ2) is 8.14. The van der Waals surface area contributed by atoms with Crippen LogP contribution in [0, 0.1) is 0 Å². The van der Waals surface area contributed by atoms with Crippen molar-refractivity contribution in [1.82, 2.24) is 14.7 Å². The molecule has 2 fully saturated rings. The highest BCUT2D eigenvalue weighted by molar-refractivity contribution is 9.10. The van der Waals surface area contributed by atoms with Crippen LogP contribution in [0.15, 0.2) is 22.8 Å². The van der Waals surface area contributed by atoms with Crippen molar-refractivity contribution in [3.8, 4) is 5.75 Å². The maximum absolute atomic E-state index is 12.3.